The van der Waals surface area contributed by atoms with Crippen LogP contribution in [0.1, 0.15) is 46.6 Å². The zero-order chi connectivity index (χ0) is 14.0. The summed E-state index contributed by atoms with van der Waals surface area (Å²) in [5, 5.41) is 3.61. The summed E-state index contributed by atoms with van der Waals surface area (Å²) >= 11 is 0. The van der Waals surface area contributed by atoms with Gasteiger partial charge >= 0.3 is 0 Å². The molecule has 0 bridgehead atoms. The first-order valence-electron chi connectivity index (χ1n) is 7.49. The van der Waals surface area contributed by atoms with E-state index in [0.29, 0.717) is 12.1 Å². The van der Waals surface area contributed by atoms with Gasteiger partial charge in [0.25, 0.3) is 0 Å². The summed E-state index contributed by atoms with van der Waals surface area (Å²) in [4.78, 5) is 2.58. The maximum Gasteiger partial charge on any atom is 0.0407 e. The fraction of sp³-hybridized carbons (Fsp3) is 0.647. The number of anilines is 1. The van der Waals surface area contributed by atoms with Crippen molar-refractivity contribution in [3.05, 3.63) is 29.8 Å². The lowest BCUT2D eigenvalue weighted by atomic mass is 9.85. The molecule has 1 aromatic rings. The van der Waals surface area contributed by atoms with Crippen molar-refractivity contribution in [3.8, 4) is 0 Å². The summed E-state index contributed by atoms with van der Waals surface area (Å²) < 4.78 is 0. The number of para-hydroxylation sites is 1. The highest BCUT2D eigenvalue weighted by Crippen LogP contribution is 2.33. The molecule has 1 saturated heterocycles. The zero-order valence-corrected chi connectivity index (χ0v) is 13.0. The molecule has 2 unspecified atom stereocenters. The molecule has 2 atom stereocenters. The molecule has 1 fully saturated rings. The molecule has 0 saturated carbocycles. The van der Waals surface area contributed by atoms with Crippen molar-refractivity contribution in [1.29, 1.82) is 0 Å². The van der Waals surface area contributed by atoms with Crippen molar-refractivity contribution in [3.63, 3.8) is 0 Å². The number of nitrogens with zero attached hydrogens (tertiary/aromatic N) is 1. The van der Waals surface area contributed by atoms with Gasteiger partial charge in [-0.15, -0.1) is 0 Å². The molecule has 0 spiro atoms. The number of benzene rings is 1. The molecule has 1 N–H and O–H groups in total. The average molecular weight is 260 g/mol. The Morgan fingerprint density at radius 2 is 1.84 bits per heavy atom. The van der Waals surface area contributed by atoms with E-state index in [2.05, 4.69) is 69.1 Å². The standard InChI is InChI=1S/C17H28N2/c1-13-10-11-19(14(2)12-18-13)16-9-7-6-8-15(16)17(3,4)5/h6-9,13-14,18H,10-12H2,1-5H3. The second kappa shape index (κ2) is 5.54. The Labute approximate surface area is 118 Å². The minimum absolute atomic E-state index is 0.196. The van der Waals surface area contributed by atoms with E-state index in [-0.39, 0.29) is 5.41 Å². The van der Waals surface area contributed by atoms with Crippen molar-refractivity contribution in [2.24, 2.45) is 0 Å². The summed E-state index contributed by atoms with van der Waals surface area (Å²) in [5.74, 6) is 0. The van der Waals surface area contributed by atoms with Crippen LogP contribution in [0.15, 0.2) is 24.3 Å². The highest BCUT2D eigenvalue weighted by atomic mass is 15.2. The highest BCUT2D eigenvalue weighted by Gasteiger charge is 2.25. The number of nitrogens with one attached hydrogen (secondary N) is 1. The minimum Gasteiger partial charge on any atom is -0.367 e. The van der Waals surface area contributed by atoms with Crippen LogP contribution in [-0.4, -0.2) is 25.2 Å². The Morgan fingerprint density at radius 3 is 2.53 bits per heavy atom. The van der Waals surface area contributed by atoms with Crippen molar-refractivity contribution in [2.45, 2.75) is 58.5 Å². The largest absolute Gasteiger partial charge is 0.367 e. The van der Waals surface area contributed by atoms with E-state index in [9.17, 15) is 0 Å². The third-order valence-corrected chi connectivity index (χ3v) is 4.12. The van der Waals surface area contributed by atoms with Gasteiger partial charge in [0.05, 0.1) is 0 Å². The summed E-state index contributed by atoms with van der Waals surface area (Å²) in [6, 6.07) is 10.1. The van der Waals surface area contributed by atoms with Crippen molar-refractivity contribution in [1.82, 2.24) is 5.32 Å². The molecule has 2 heteroatoms. The molecular formula is C17H28N2. The molecule has 106 valence electrons. The van der Waals surface area contributed by atoms with Crippen LogP contribution < -0.4 is 10.2 Å². The molecule has 1 heterocycles. The van der Waals surface area contributed by atoms with Crippen LogP contribution in [-0.2, 0) is 5.41 Å². The Balaban J connectivity index is 2.35. The van der Waals surface area contributed by atoms with Gasteiger partial charge in [-0.2, -0.15) is 0 Å². The van der Waals surface area contributed by atoms with E-state index < -0.39 is 0 Å². The predicted octanol–water partition coefficient (Wildman–Crippen LogP) is 3.56. The van der Waals surface area contributed by atoms with Crippen LogP contribution in [0.4, 0.5) is 5.69 Å². The first-order valence-corrected chi connectivity index (χ1v) is 7.49. The van der Waals surface area contributed by atoms with E-state index >= 15 is 0 Å². The predicted molar refractivity (Wildman–Crippen MR) is 84.0 cm³/mol. The van der Waals surface area contributed by atoms with Crippen molar-refractivity contribution < 1.29 is 0 Å². The highest BCUT2D eigenvalue weighted by molar-refractivity contribution is 5.57. The molecule has 1 aliphatic rings. The molecule has 2 rings (SSSR count). The maximum atomic E-state index is 3.61. The van der Waals surface area contributed by atoms with Gasteiger partial charge in [-0.1, -0.05) is 39.0 Å². The number of hydrogen-bond acceptors (Lipinski definition) is 2. The summed E-state index contributed by atoms with van der Waals surface area (Å²) in [6.45, 7) is 13.7. The average Bonchev–Trinajstić information content (AvgIpc) is 2.51. The van der Waals surface area contributed by atoms with E-state index in [4.69, 9.17) is 0 Å². The fourth-order valence-corrected chi connectivity index (χ4v) is 2.85. The molecule has 19 heavy (non-hydrogen) atoms. The molecule has 0 aliphatic carbocycles. The molecule has 0 aromatic heterocycles. The first-order chi connectivity index (χ1) is 8.89. The van der Waals surface area contributed by atoms with Crippen LogP contribution in [0.5, 0.6) is 0 Å². The van der Waals surface area contributed by atoms with Gasteiger partial charge in [-0.3, -0.25) is 0 Å². The zero-order valence-electron chi connectivity index (χ0n) is 13.0. The molecule has 2 nitrogen and oxygen atoms in total. The maximum absolute atomic E-state index is 3.61. The number of hydrogen-bond donors (Lipinski definition) is 1. The third-order valence-electron chi connectivity index (χ3n) is 4.12. The van der Waals surface area contributed by atoms with E-state index in [0.717, 1.165) is 13.1 Å². The summed E-state index contributed by atoms with van der Waals surface area (Å²) in [5.41, 5.74) is 3.07. The lowest BCUT2D eigenvalue weighted by Gasteiger charge is -2.34. The minimum atomic E-state index is 0.196. The van der Waals surface area contributed by atoms with Crippen LogP contribution in [0.3, 0.4) is 0 Å². The van der Waals surface area contributed by atoms with Crippen molar-refractivity contribution in [2.75, 3.05) is 18.0 Å². The molecule has 0 radical (unpaired) electrons. The fourth-order valence-electron chi connectivity index (χ4n) is 2.85. The van der Waals surface area contributed by atoms with Gasteiger partial charge in [-0.05, 0) is 37.3 Å². The smallest absolute Gasteiger partial charge is 0.0407 e. The van der Waals surface area contributed by atoms with E-state index in [1.807, 2.05) is 0 Å². The normalized spacial score (nSPS) is 25.2. The van der Waals surface area contributed by atoms with Crippen LogP contribution in [0.2, 0.25) is 0 Å². The second-order valence-electron chi connectivity index (χ2n) is 6.91. The Hall–Kier alpha value is -1.02. The van der Waals surface area contributed by atoms with Gasteiger partial charge in [0.15, 0.2) is 0 Å². The Morgan fingerprint density at radius 1 is 1.16 bits per heavy atom. The van der Waals surface area contributed by atoms with Gasteiger partial charge in [0.1, 0.15) is 0 Å². The summed E-state index contributed by atoms with van der Waals surface area (Å²) in [7, 11) is 0. The van der Waals surface area contributed by atoms with Gasteiger partial charge in [-0.25, -0.2) is 0 Å². The molecule has 1 aromatic carbocycles. The third kappa shape index (κ3) is 3.30. The second-order valence-corrected chi connectivity index (χ2v) is 6.91. The Bertz CT molecular complexity index is 420. The summed E-state index contributed by atoms with van der Waals surface area (Å²) in [6.07, 6.45) is 1.21. The van der Waals surface area contributed by atoms with Crippen LogP contribution in [0, 0.1) is 0 Å². The monoisotopic (exact) mass is 260 g/mol. The number of rotatable bonds is 1. The van der Waals surface area contributed by atoms with Crippen LogP contribution >= 0.6 is 0 Å². The SMILES string of the molecule is CC1CCN(c2ccccc2C(C)(C)C)C(C)CN1. The topological polar surface area (TPSA) is 15.3 Å². The van der Waals surface area contributed by atoms with E-state index in [1.165, 1.54) is 17.7 Å². The van der Waals surface area contributed by atoms with Gasteiger partial charge in [0.2, 0.25) is 0 Å². The van der Waals surface area contributed by atoms with E-state index in [1.54, 1.807) is 0 Å². The molecule has 0 amide bonds. The van der Waals surface area contributed by atoms with Crippen molar-refractivity contribution >= 4 is 5.69 Å². The Kier molecular flexibility index (Phi) is 4.19. The quantitative estimate of drug-likeness (QED) is 0.830. The lowest BCUT2D eigenvalue weighted by molar-refractivity contribution is 0.547. The molecular weight excluding hydrogens is 232 g/mol. The van der Waals surface area contributed by atoms with Gasteiger partial charge < -0.3 is 10.2 Å². The molecule has 1 aliphatic heterocycles. The first kappa shape index (κ1) is 14.4. The van der Waals surface area contributed by atoms with Crippen LogP contribution in [0.25, 0.3) is 0 Å². The lowest BCUT2D eigenvalue weighted by Crippen LogP contribution is -2.39. The van der Waals surface area contributed by atoms with Gasteiger partial charge in [0, 0.05) is 30.9 Å².